The van der Waals surface area contributed by atoms with Crippen molar-refractivity contribution in [1.29, 1.82) is 0 Å². The fraction of sp³-hybridized carbons (Fsp3) is 0.600. The van der Waals surface area contributed by atoms with Crippen molar-refractivity contribution in [1.82, 2.24) is 14.8 Å². The molecule has 2 unspecified atom stereocenters. The third-order valence-electron chi connectivity index (χ3n) is 5.47. The van der Waals surface area contributed by atoms with Gasteiger partial charge in [-0.05, 0) is 54.4 Å². The molecule has 3 aliphatic heterocycles. The number of rotatable bonds is 0. The predicted molar refractivity (Wildman–Crippen MR) is 82.4 cm³/mol. The molecule has 2 bridgehead atoms. The molecule has 1 aromatic rings. The largest absolute Gasteiger partial charge is 0.327 e. The highest BCUT2D eigenvalue weighted by Crippen LogP contribution is 2.44. The van der Waals surface area contributed by atoms with Gasteiger partial charge in [0.05, 0.1) is 4.47 Å². The van der Waals surface area contributed by atoms with Crippen LogP contribution in [0.4, 0.5) is 0 Å². The lowest BCUT2D eigenvalue weighted by molar-refractivity contribution is 0.0493. The Balaban J connectivity index is 1.93. The molecule has 1 aromatic heterocycles. The molecule has 0 aromatic carbocycles. The summed E-state index contributed by atoms with van der Waals surface area (Å²) < 4.78 is 2.26. The highest BCUT2D eigenvalue weighted by Gasteiger charge is 2.53. The van der Waals surface area contributed by atoms with Crippen LogP contribution < -0.4 is 10.9 Å². The van der Waals surface area contributed by atoms with E-state index in [0.29, 0.717) is 22.3 Å². The normalized spacial score (nSPS) is 34.3. The molecule has 4 rings (SSSR count). The van der Waals surface area contributed by atoms with Gasteiger partial charge in [-0.1, -0.05) is 0 Å². The van der Waals surface area contributed by atoms with Crippen molar-refractivity contribution in [2.45, 2.75) is 50.4 Å². The molecule has 0 radical (unpaired) electrons. The minimum atomic E-state index is -0.531. The van der Waals surface area contributed by atoms with E-state index in [9.17, 15) is 9.59 Å². The number of amides is 1. The van der Waals surface area contributed by atoms with Crippen molar-refractivity contribution in [3.05, 3.63) is 32.2 Å². The monoisotopic (exact) mass is 351 g/mol. The van der Waals surface area contributed by atoms with E-state index in [-0.39, 0.29) is 11.5 Å². The highest BCUT2D eigenvalue weighted by molar-refractivity contribution is 9.10. The Kier molecular flexibility index (Phi) is 2.70. The summed E-state index contributed by atoms with van der Waals surface area (Å²) in [4.78, 5) is 27.5. The number of hydrogen-bond acceptors (Lipinski definition) is 3. The average molecular weight is 352 g/mol. The van der Waals surface area contributed by atoms with Gasteiger partial charge in [-0.3, -0.25) is 14.2 Å². The maximum Gasteiger partial charge on any atom is 0.270 e. The van der Waals surface area contributed by atoms with Gasteiger partial charge in [0.25, 0.3) is 11.5 Å². The van der Waals surface area contributed by atoms with E-state index in [0.717, 1.165) is 31.2 Å². The third-order valence-corrected chi connectivity index (χ3v) is 6.04. The number of aryl methyl sites for hydroxylation is 1. The summed E-state index contributed by atoms with van der Waals surface area (Å²) in [5.41, 5.74) is 0.753. The van der Waals surface area contributed by atoms with E-state index in [4.69, 9.17) is 0 Å². The number of halogens is 1. The molecule has 1 N–H and O–H groups in total. The molecule has 4 heterocycles. The summed E-state index contributed by atoms with van der Waals surface area (Å²) >= 11 is 3.34. The van der Waals surface area contributed by atoms with Crippen molar-refractivity contribution in [3.63, 3.8) is 0 Å². The molecular weight excluding hydrogens is 334 g/mol. The maximum absolute atomic E-state index is 12.7. The number of nitrogens with one attached hydrogen (secondary N) is 1. The fourth-order valence-electron chi connectivity index (χ4n) is 4.45. The van der Waals surface area contributed by atoms with Gasteiger partial charge < -0.3 is 10.2 Å². The molecule has 0 saturated carbocycles. The quantitative estimate of drug-likeness (QED) is 0.771. The van der Waals surface area contributed by atoms with Crippen molar-refractivity contribution in [3.8, 4) is 0 Å². The lowest BCUT2D eigenvalue weighted by Gasteiger charge is -2.43. The van der Waals surface area contributed by atoms with E-state index >= 15 is 0 Å². The van der Waals surface area contributed by atoms with Crippen LogP contribution in [0.5, 0.6) is 0 Å². The second-order valence-corrected chi connectivity index (χ2v) is 7.46. The number of pyridine rings is 1. The number of aromatic nitrogens is 1. The van der Waals surface area contributed by atoms with Crippen LogP contribution in [0.1, 0.15) is 41.7 Å². The number of fused-ring (bicyclic) bond motifs is 4. The van der Waals surface area contributed by atoms with Crippen molar-refractivity contribution >= 4 is 21.8 Å². The van der Waals surface area contributed by atoms with Gasteiger partial charge >= 0.3 is 0 Å². The molecule has 5 nitrogen and oxygen atoms in total. The summed E-state index contributed by atoms with van der Waals surface area (Å²) in [5, 5.41) is 3.14. The average Bonchev–Trinajstić information content (AvgIpc) is 2.79. The molecule has 2 fully saturated rings. The lowest BCUT2D eigenvalue weighted by Crippen LogP contribution is -2.57. The Morgan fingerprint density at radius 3 is 2.52 bits per heavy atom. The van der Waals surface area contributed by atoms with Gasteiger partial charge in [0.2, 0.25) is 0 Å². The van der Waals surface area contributed by atoms with Crippen LogP contribution in [0.25, 0.3) is 0 Å². The van der Waals surface area contributed by atoms with E-state index in [2.05, 4.69) is 33.2 Å². The van der Waals surface area contributed by atoms with Crippen LogP contribution >= 0.6 is 15.9 Å². The van der Waals surface area contributed by atoms with E-state index in [1.165, 1.54) is 0 Å². The van der Waals surface area contributed by atoms with E-state index in [1.54, 1.807) is 10.6 Å². The Morgan fingerprint density at radius 1 is 1.29 bits per heavy atom. The molecule has 0 aliphatic carbocycles. The maximum atomic E-state index is 12.7. The molecule has 1 amide bonds. The van der Waals surface area contributed by atoms with Gasteiger partial charge in [0, 0.05) is 24.9 Å². The topological polar surface area (TPSA) is 54.3 Å². The first kappa shape index (κ1) is 13.5. The molecule has 112 valence electrons. The number of hydrogen-bond donors (Lipinski definition) is 1. The van der Waals surface area contributed by atoms with Gasteiger partial charge in [-0.15, -0.1) is 0 Å². The summed E-state index contributed by atoms with van der Waals surface area (Å²) in [7, 11) is 2.15. The van der Waals surface area contributed by atoms with Crippen LogP contribution in [0.15, 0.2) is 15.3 Å². The number of carbonyl (C=O) groups excluding carboxylic acids is 1. The Hall–Kier alpha value is -1.14. The summed E-state index contributed by atoms with van der Waals surface area (Å²) in [6.45, 7) is 1.89. The van der Waals surface area contributed by atoms with Crippen LogP contribution in [0, 0.1) is 6.92 Å². The standard InChI is InChI=1S/C15H18BrN3O2/c1-8-5-11(16)14(21)19-12(8)13(20)17-15(19)6-9-3-4-10(7-15)18(9)2/h5,9-10H,3-4,6-7H2,1-2H3,(H,17,20). The van der Waals surface area contributed by atoms with E-state index in [1.807, 2.05) is 6.92 Å². The number of carbonyl (C=O) groups is 1. The first-order chi connectivity index (χ1) is 9.93. The van der Waals surface area contributed by atoms with Crippen LogP contribution in [-0.2, 0) is 5.66 Å². The molecule has 21 heavy (non-hydrogen) atoms. The second-order valence-electron chi connectivity index (χ2n) is 6.61. The van der Waals surface area contributed by atoms with Crippen LogP contribution in [-0.4, -0.2) is 34.5 Å². The van der Waals surface area contributed by atoms with Crippen molar-refractivity contribution in [2.75, 3.05) is 7.05 Å². The SMILES string of the molecule is Cc1cc(Br)c(=O)n2c1C(=O)NC21CC2CCC(C1)N2C. The third kappa shape index (κ3) is 1.66. The highest BCUT2D eigenvalue weighted by atomic mass is 79.9. The Bertz CT molecular complexity index is 698. The minimum Gasteiger partial charge on any atom is -0.327 e. The molecular formula is C15H18BrN3O2. The smallest absolute Gasteiger partial charge is 0.270 e. The van der Waals surface area contributed by atoms with Gasteiger partial charge in [0.1, 0.15) is 11.4 Å². The first-order valence-electron chi connectivity index (χ1n) is 7.40. The van der Waals surface area contributed by atoms with Gasteiger partial charge in [-0.25, -0.2) is 0 Å². The minimum absolute atomic E-state index is 0.0992. The van der Waals surface area contributed by atoms with Crippen molar-refractivity contribution in [2.24, 2.45) is 0 Å². The van der Waals surface area contributed by atoms with Crippen LogP contribution in [0.2, 0.25) is 0 Å². The molecule has 1 spiro atoms. The number of nitrogens with zero attached hydrogens (tertiary/aromatic N) is 2. The molecule has 2 saturated heterocycles. The molecule has 6 heteroatoms. The second kappa shape index (κ2) is 4.20. The summed E-state index contributed by atoms with van der Waals surface area (Å²) in [5.74, 6) is -0.110. The Morgan fingerprint density at radius 2 is 1.90 bits per heavy atom. The lowest BCUT2D eigenvalue weighted by atomic mass is 9.91. The predicted octanol–water partition coefficient (Wildman–Crippen LogP) is 1.57. The molecule has 3 aliphatic rings. The summed E-state index contributed by atoms with van der Waals surface area (Å²) in [6.07, 6.45) is 3.93. The van der Waals surface area contributed by atoms with Crippen molar-refractivity contribution < 1.29 is 4.79 Å². The van der Waals surface area contributed by atoms with E-state index < -0.39 is 5.66 Å². The zero-order valence-corrected chi connectivity index (χ0v) is 13.7. The zero-order chi connectivity index (χ0) is 14.9. The Labute approximate surface area is 131 Å². The summed E-state index contributed by atoms with van der Waals surface area (Å²) in [6, 6.07) is 2.64. The van der Waals surface area contributed by atoms with Gasteiger partial charge in [0.15, 0.2) is 0 Å². The molecule has 2 atom stereocenters. The fourth-order valence-corrected chi connectivity index (χ4v) is 4.97. The van der Waals surface area contributed by atoms with Gasteiger partial charge in [-0.2, -0.15) is 0 Å². The first-order valence-corrected chi connectivity index (χ1v) is 8.19. The van der Waals surface area contributed by atoms with Crippen LogP contribution in [0.3, 0.4) is 0 Å². The number of piperidine rings is 1. The zero-order valence-electron chi connectivity index (χ0n) is 12.1.